The average molecular weight is 178 g/mol. The van der Waals surface area contributed by atoms with E-state index in [0.717, 1.165) is 19.3 Å². The Balaban J connectivity index is 0.000000261. The maximum Gasteiger partial charge on any atom is 0.503 e. The number of carbonyl (C=O) groups is 1. The van der Waals surface area contributed by atoms with Gasteiger partial charge in [0.2, 0.25) is 0 Å². The van der Waals surface area contributed by atoms with E-state index in [-0.39, 0.29) is 0 Å². The molecule has 0 spiro atoms. The van der Waals surface area contributed by atoms with Crippen molar-refractivity contribution in [3.8, 4) is 0 Å². The van der Waals surface area contributed by atoms with Crippen LogP contribution in [0.5, 0.6) is 0 Å². The monoisotopic (exact) mass is 178 g/mol. The number of carboxylic acid groups (broad SMARTS) is 2. The van der Waals surface area contributed by atoms with Crippen molar-refractivity contribution in [1.82, 2.24) is 0 Å². The van der Waals surface area contributed by atoms with E-state index >= 15 is 0 Å². The van der Waals surface area contributed by atoms with E-state index in [4.69, 9.17) is 25.2 Å². The molecule has 0 aliphatic heterocycles. The van der Waals surface area contributed by atoms with Crippen molar-refractivity contribution in [2.75, 3.05) is 0 Å². The molecule has 1 fully saturated rings. The zero-order chi connectivity index (χ0) is 9.61. The summed E-state index contributed by atoms with van der Waals surface area (Å²) in [7, 11) is 0. The number of hydrogen-bond donors (Lipinski definition) is 4. The van der Waals surface area contributed by atoms with Gasteiger partial charge in [-0.3, -0.25) is 0 Å². The quantitative estimate of drug-likeness (QED) is 0.412. The first-order valence-corrected chi connectivity index (χ1v) is 3.81. The Hall–Kier alpha value is -0.810. The summed E-state index contributed by atoms with van der Waals surface area (Å²) in [6.45, 7) is 0. The fourth-order valence-corrected chi connectivity index (χ4v) is 1.12. The lowest BCUT2D eigenvalue weighted by molar-refractivity contribution is -0.180. The summed E-state index contributed by atoms with van der Waals surface area (Å²) in [6, 6.07) is 0. The molecule has 0 unspecified atom stereocenters. The van der Waals surface area contributed by atoms with E-state index in [9.17, 15) is 0 Å². The summed E-state index contributed by atoms with van der Waals surface area (Å²) in [5.41, 5.74) is 0. The number of rotatable bonds is 0. The van der Waals surface area contributed by atoms with Crippen LogP contribution in [-0.2, 0) is 0 Å². The molecule has 0 aromatic carbocycles. The molecule has 1 rings (SSSR count). The zero-order valence-corrected chi connectivity index (χ0v) is 6.73. The first kappa shape index (κ1) is 11.2. The van der Waals surface area contributed by atoms with Crippen molar-refractivity contribution < 1.29 is 25.2 Å². The van der Waals surface area contributed by atoms with Gasteiger partial charge in [0.1, 0.15) is 0 Å². The lowest BCUT2D eigenvalue weighted by atomic mass is 9.95. The molecule has 4 N–H and O–H groups in total. The summed E-state index contributed by atoms with van der Waals surface area (Å²) in [5, 5.41) is 31.8. The molecule has 0 aromatic heterocycles. The molecule has 5 heteroatoms. The van der Waals surface area contributed by atoms with Gasteiger partial charge >= 0.3 is 6.16 Å². The highest BCUT2D eigenvalue weighted by molar-refractivity contribution is 5.53. The standard InChI is InChI=1S/C6H12O2.CH2O3/c7-6(8)4-2-1-3-5-6;2-1(3)4/h7-8H,1-5H2;(H2,2,3,4). The second kappa shape index (κ2) is 4.95. The normalized spacial score (nSPS) is 20.5. The molecule has 0 heterocycles. The summed E-state index contributed by atoms with van der Waals surface area (Å²) >= 11 is 0. The first-order chi connectivity index (χ1) is 5.44. The molecule has 12 heavy (non-hydrogen) atoms. The Morgan fingerprint density at radius 3 is 1.50 bits per heavy atom. The van der Waals surface area contributed by atoms with E-state index in [2.05, 4.69) is 0 Å². The third kappa shape index (κ3) is 7.30. The van der Waals surface area contributed by atoms with Crippen molar-refractivity contribution in [3.63, 3.8) is 0 Å². The van der Waals surface area contributed by atoms with E-state index in [0.29, 0.717) is 12.8 Å². The van der Waals surface area contributed by atoms with Gasteiger partial charge in [-0.1, -0.05) is 6.42 Å². The number of hydrogen-bond acceptors (Lipinski definition) is 3. The lowest BCUT2D eigenvalue weighted by Gasteiger charge is -2.25. The Morgan fingerprint density at radius 2 is 1.33 bits per heavy atom. The van der Waals surface area contributed by atoms with Crippen LogP contribution >= 0.6 is 0 Å². The Kier molecular flexibility index (Phi) is 4.61. The molecule has 0 saturated heterocycles. The predicted molar refractivity (Wildman–Crippen MR) is 40.9 cm³/mol. The van der Waals surface area contributed by atoms with Crippen molar-refractivity contribution in [2.45, 2.75) is 37.9 Å². The summed E-state index contributed by atoms with van der Waals surface area (Å²) < 4.78 is 0. The van der Waals surface area contributed by atoms with Gasteiger partial charge in [0.15, 0.2) is 5.79 Å². The van der Waals surface area contributed by atoms with Crippen LogP contribution in [0.3, 0.4) is 0 Å². The SMILES string of the molecule is O=C(O)O.OC1(O)CCCCC1. The van der Waals surface area contributed by atoms with E-state index in [1.165, 1.54) is 0 Å². The van der Waals surface area contributed by atoms with Gasteiger partial charge in [-0.2, -0.15) is 0 Å². The average Bonchev–Trinajstić information content (AvgIpc) is 1.85. The first-order valence-electron chi connectivity index (χ1n) is 3.81. The minimum absolute atomic E-state index is 0.562. The van der Waals surface area contributed by atoms with Gasteiger partial charge in [0.25, 0.3) is 0 Å². The Morgan fingerprint density at radius 1 is 1.00 bits per heavy atom. The van der Waals surface area contributed by atoms with Crippen LogP contribution in [-0.4, -0.2) is 32.4 Å². The van der Waals surface area contributed by atoms with Crippen LogP contribution in [0.15, 0.2) is 0 Å². The Bertz CT molecular complexity index is 131. The largest absolute Gasteiger partial charge is 0.503 e. The molecule has 1 aliphatic rings. The van der Waals surface area contributed by atoms with Crippen LogP contribution in [0, 0.1) is 0 Å². The zero-order valence-electron chi connectivity index (χ0n) is 6.73. The third-order valence-corrected chi connectivity index (χ3v) is 1.65. The highest BCUT2D eigenvalue weighted by Gasteiger charge is 2.24. The molecule has 1 saturated carbocycles. The minimum atomic E-state index is -1.83. The van der Waals surface area contributed by atoms with Gasteiger partial charge in [0, 0.05) is 12.8 Å². The second-order valence-electron chi connectivity index (χ2n) is 2.83. The molecular weight excluding hydrogens is 164 g/mol. The lowest BCUT2D eigenvalue weighted by Crippen LogP contribution is -2.30. The molecule has 0 aromatic rings. The summed E-state index contributed by atoms with van der Waals surface area (Å²) in [6.07, 6.45) is 2.38. The minimum Gasteiger partial charge on any atom is -0.450 e. The molecular formula is C7H14O5. The van der Waals surface area contributed by atoms with Crippen molar-refractivity contribution in [3.05, 3.63) is 0 Å². The third-order valence-electron chi connectivity index (χ3n) is 1.65. The topological polar surface area (TPSA) is 98.0 Å². The van der Waals surface area contributed by atoms with Crippen LogP contribution in [0.1, 0.15) is 32.1 Å². The molecule has 0 atom stereocenters. The van der Waals surface area contributed by atoms with Crippen LogP contribution < -0.4 is 0 Å². The van der Waals surface area contributed by atoms with Gasteiger partial charge in [-0.15, -0.1) is 0 Å². The van der Waals surface area contributed by atoms with Gasteiger partial charge in [-0.05, 0) is 12.8 Å². The van der Waals surface area contributed by atoms with E-state index < -0.39 is 11.9 Å². The highest BCUT2D eigenvalue weighted by atomic mass is 16.6. The molecule has 0 amide bonds. The maximum atomic E-state index is 8.93. The van der Waals surface area contributed by atoms with Gasteiger partial charge in [-0.25, -0.2) is 4.79 Å². The summed E-state index contributed by atoms with van der Waals surface area (Å²) in [4.78, 5) is 8.56. The van der Waals surface area contributed by atoms with E-state index in [1.54, 1.807) is 0 Å². The fourth-order valence-electron chi connectivity index (χ4n) is 1.12. The van der Waals surface area contributed by atoms with Crippen molar-refractivity contribution in [1.29, 1.82) is 0 Å². The van der Waals surface area contributed by atoms with Gasteiger partial charge in [0.05, 0.1) is 0 Å². The molecule has 1 aliphatic carbocycles. The van der Waals surface area contributed by atoms with Crippen LogP contribution in [0.4, 0.5) is 4.79 Å². The van der Waals surface area contributed by atoms with Crippen LogP contribution in [0.2, 0.25) is 0 Å². The number of aliphatic hydroxyl groups is 2. The van der Waals surface area contributed by atoms with Gasteiger partial charge < -0.3 is 20.4 Å². The molecule has 72 valence electrons. The smallest absolute Gasteiger partial charge is 0.450 e. The second-order valence-corrected chi connectivity index (χ2v) is 2.83. The molecule has 0 radical (unpaired) electrons. The highest BCUT2D eigenvalue weighted by Crippen LogP contribution is 2.24. The van der Waals surface area contributed by atoms with E-state index in [1.807, 2.05) is 0 Å². The summed E-state index contributed by atoms with van der Waals surface area (Å²) in [5.74, 6) is -1.32. The van der Waals surface area contributed by atoms with Crippen LogP contribution in [0.25, 0.3) is 0 Å². The van der Waals surface area contributed by atoms with Crippen molar-refractivity contribution >= 4 is 6.16 Å². The molecule has 5 nitrogen and oxygen atoms in total. The Labute approximate surface area is 70.3 Å². The molecule has 0 bridgehead atoms. The predicted octanol–water partition coefficient (Wildman–Crippen LogP) is 0.854. The van der Waals surface area contributed by atoms with Crippen molar-refractivity contribution in [2.24, 2.45) is 0 Å². The fraction of sp³-hybridized carbons (Fsp3) is 0.857. The maximum absolute atomic E-state index is 8.93.